The van der Waals surface area contributed by atoms with Gasteiger partial charge in [0.1, 0.15) is 16.8 Å². The van der Waals surface area contributed by atoms with E-state index in [1.807, 2.05) is 35.6 Å². The van der Waals surface area contributed by atoms with E-state index in [9.17, 15) is 0 Å². The second-order valence-electron chi connectivity index (χ2n) is 14.1. The van der Waals surface area contributed by atoms with Gasteiger partial charge in [-0.05, 0) is 76.5 Å². The average molecular weight is 720 g/mol. The lowest BCUT2D eigenvalue weighted by Gasteiger charge is -2.10. The highest BCUT2D eigenvalue weighted by Gasteiger charge is 2.21. The molecule has 0 saturated heterocycles. The molecule has 0 fully saturated rings. The Balaban J connectivity index is 1.07. The summed E-state index contributed by atoms with van der Waals surface area (Å²) in [4.78, 5) is 10.6. The number of fused-ring (bicyclic) bond motifs is 10. The van der Waals surface area contributed by atoms with Crippen LogP contribution in [0.3, 0.4) is 0 Å². The van der Waals surface area contributed by atoms with Gasteiger partial charge >= 0.3 is 0 Å². The van der Waals surface area contributed by atoms with Crippen molar-refractivity contribution in [3.63, 3.8) is 0 Å². The third kappa shape index (κ3) is 4.64. The summed E-state index contributed by atoms with van der Waals surface area (Å²) in [6.45, 7) is 0. The van der Waals surface area contributed by atoms with Crippen LogP contribution >= 0.6 is 11.3 Å². The predicted octanol–water partition coefficient (Wildman–Crippen LogP) is 14.0. The highest BCUT2D eigenvalue weighted by atomic mass is 32.1. The molecule has 0 amide bonds. The van der Waals surface area contributed by atoms with E-state index in [-0.39, 0.29) is 0 Å². The number of para-hydroxylation sites is 2. The lowest BCUT2D eigenvalue weighted by molar-refractivity contribution is 0.667. The molecule has 0 atom stereocenters. The molecule has 0 spiro atoms. The number of thiophene rings is 1. The molecule has 4 heterocycles. The van der Waals surface area contributed by atoms with Crippen LogP contribution in [-0.2, 0) is 0 Å². The number of rotatable bonds is 4. The van der Waals surface area contributed by atoms with E-state index in [2.05, 4.69) is 156 Å². The van der Waals surface area contributed by atoms with Crippen LogP contribution < -0.4 is 0 Å². The molecule has 8 aromatic carbocycles. The first-order valence-electron chi connectivity index (χ1n) is 18.5. The summed E-state index contributed by atoms with van der Waals surface area (Å²) in [7, 11) is 0. The van der Waals surface area contributed by atoms with Crippen molar-refractivity contribution in [1.29, 1.82) is 0 Å². The van der Waals surface area contributed by atoms with Gasteiger partial charge in [-0.1, -0.05) is 121 Å². The van der Waals surface area contributed by atoms with Crippen molar-refractivity contribution in [2.75, 3.05) is 0 Å². The van der Waals surface area contributed by atoms with Crippen molar-refractivity contribution < 1.29 is 4.42 Å². The van der Waals surface area contributed by atoms with E-state index in [1.165, 1.54) is 52.8 Å². The molecule has 0 aliphatic rings. The maximum Gasteiger partial charge on any atom is 0.180 e. The number of hydrogen-bond acceptors (Lipinski definition) is 4. The fourth-order valence-corrected chi connectivity index (χ4v) is 9.62. The van der Waals surface area contributed by atoms with Crippen LogP contribution in [0.25, 0.3) is 114 Å². The number of nitrogens with zero attached hydrogens (tertiary/aromatic N) is 3. The Morgan fingerprint density at radius 3 is 2.13 bits per heavy atom. The van der Waals surface area contributed by atoms with Gasteiger partial charge < -0.3 is 8.98 Å². The molecule has 0 aliphatic heterocycles. The number of furan rings is 1. The van der Waals surface area contributed by atoms with Gasteiger partial charge in [0, 0.05) is 53.1 Å². The Morgan fingerprint density at radius 2 is 1.22 bits per heavy atom. The zero-order chi connectivity index (χ0) is 36.0. The molecule has 0 bridgehead atoms. The van der Waals surface area contributed by atoms with Crippen LogP contribution in [0.2, 0.25) is 0 Å². The van der Waals surface area contributed by atoms with Crippen molar-refractivity contribution in [3.05, 3.63) is 176 Å². The Bertz CT molecular complexity index is 3500. The largest absolute Gasteiger partial charge is 0.452 e. The maximum atomic E-state index is 6.53. The summed E-state index contributed by atoms with van der Waals surface area (Å²) in [5.41, 5.74) is 10.9. The molecule has 0 radical (unpaired) electrons. The summed E-state index contributed by atoms with van der Waals surface area (Å²) in [6.07, 6.45) is 0. The molecular formula is C50H29N3OS. The van der Waals surface area contributed by atoms with Gasteiger partial charge in [-0.15, -0.1) is 11.3 Å². The Hall–Kier alpha value is -7.08. The van der Waals surface area contributed by atoms with Crippen molar-refractivity contribution in [3.8, 4) is 39.5 Å². The predicted molar refractivity (Wildman–Crippen MR) is 230 cm³/mol. The highest BCUT2D eigenvalue weighted by Crippen LogP contribution is 2.43. The molecule has 5 heteroatoms. The van der Waals surface area contributed by atoms with Gasteiger partial charge in [0.15, 0.2) is 11.4 Å². The minimum atomic E-state index is 0.683. The zero-order valence-corrected chi connectivity index (χ0v) is 30.2. The normalized spacial score (nSPS) is 12.0. The molecule has 12 aromatic rings. The standard InChI is InChI=1S/C50H29N3OS/c1-2-12-30(13-3-1)31-16-10-17-34(26-31)47-49-48(37-19-7-9-22-43(37)54-49)52-50(51-47)39-20-11-23-44-46(39)38-25-24-35(29-45(38)55-44)53-41-21-8-6-18-36(41)40-27-32-14-4-5-15-33(32)28-42(40)53/h1-29H. The molecule has 12 rings (SSSR count). The van der Waals surface area contributed by atoms with Crippen molar-refractivity contribution in [2.24, 2.45) is 0 Å². The second-order valence-corrected chi connectivity index (χ2v) is 15.2. The molecule has 0 aliphatic carbocycles. The van der Waals surface area contributed by atoms with E-state index in [0.29, 0.717) is 11.4 Å². The van der Waals surface area contributed by atoms with E-state index in [0.717, 1.165) is 50.1 Å². The fraction of sp³-hybridized carbons (Fsp3) is 0. The van der Waals surface area contributed by atoms with Crippen molar-refractivity contribution >= 4 is 86.2 Å². The van der Waals surface area contributed by atoms with Crippen molar-refractivity contribution in [1.82, 2.24) is 14.5 Å². The fourth-order valence-electron chi connectivity index (χ4n) is 8.46. The molecule has 0 saturated carbocycles. The van der Waals surface area contributed by atoms with Gasteiger partial charge in [-0.25, -0.2) is 9.97 Å². The number of hydrogen-bond donors (Lipinski definition) is 0. The highest BCUT2D eigenvalue weighted by molar-refractivity contribution is 7.26. The van der Waals surface area contributed by atoms with Crippen LogP contribution in [-0.4, -0.2) is 14.5 Å². The van der Waals surface area contributed by atoms with Gasteiger partial charge in [-0.3, -0.25) is 0 Å². The van der Waals surface area contributed by atoms with Gasteiger partial charge in [0.05, 0.1) is 11.0 Å². The zero-order valence-electron chi connectivity index (χ0n) is 29.4. The first-order valence-corrected chi connectivity index (χ1v) is 19.3. The van der Waals surface area contributed by atoms with E-state index in [1.54, 1.807) is 0 Å². The number of benzene rings is 8. The monoisotopic (exact) mass is 719 g/mol. The third-order valence-corrected chi connectivity index (χ3v) is 12.1. The summed E-state index contributed by atoms with van der Waals surface area (Å²) >= 11 is 1.82. The maximum absolute atomic E-state index is 6.53. The van der Waals surface area contributed by atoms with Gasteiger partial charge in [0.2, 0.25) is 0 Å². The first kappa shape index (κ1) is 30.4. The third-order valence-electron chi connectivity index (χ3n) is 11.0. The van der Waals surface area contributed by atoms with E-state index < -0.39 is 0 Å². The topological polar surface area (TPSA) is 43.9 Å². The van der Waals surface area contributed by atoms with Crippen LogP contribution in [0.4, 0.5) is 0 Å². The van der Waals surface area contributed by atoms with Gasteiger partial charge in [-0.2, -0.15) is 0 Å². The van der Waals surface area contributed by atoms with Crippen LogP contribution in [0.1, 0.15) is 0 Å². The lowest BCUT2D eigenvalue weighted by Crippen LogP contribution is -1.95. The van der Waals surface area contributed by atoms with Crippen LogP contribution in [0.15, 0.2) is 180 Å². The second kappa shape index (κ2) is 11.7. The molecule has 4 aromatic heterocycles. The van der Waals surface area contributed by atoms with Crippen LogP contribution in [0.5, 0.6) is 0 Å². The smallest absolute Gasteiger partial charge is 0.180 e. The Labute approximate surface area is 319 Å². The first-order chi connectivity index (χ1) is 27.2. The van der Waals surface area contributed by atoms with E-state index >= 15 is 0 Å². The van der Waals surface area contributed by atoms with E-state index in [4.69, 9.17) is 14.4 Å². The minimum Gasteiger partial charge on any atom is -0.452 e. The van der Waals surface area contributed by atoms with Crippen molar-refractivity contribution in [2.45, 2.75) is 0 Å². The summed E-state index contributed by atoms with van der Waals surface area (Å²) < 4.78 is 11.4. The quantitative estimate of drug-likeness (QED) is 0.182. The van der Waals surface area contributed by atoms with Crippen LogP contribution in [0, 0.1) is 0 Å². The SMILES string of the molecule is c1ccc(-c2cccc(-c3nc(-c4cccc5sc6cc(-n7c8ccccc8c8cc9ccccc9cc87)ccc6c45)nc4c3oc3ccccc34)c2)cc1. The lowest BCUT2D eigenvalue weighted by atomic mass is 10.0. The molecule has 4 nitrogen and oxygen atoms in total. The Kier molecular flexibility index (Phi) is 6.47. The molecule has 256 valence electrons. The molecule has 0 unspecified atom stereocenters. The molecule has 0 N–H and O–H groups in total. The molecule has 55 heavy (non-hydrogen) atoms. The number of aromatic nitrogens is 3. The average Bonchev–Trinajstić information content (AvgIpc) is 3.92. The molecular weight excluding hydrogens is 691 g/mol. The Morgan fingerprint density at radius 1 is 0.473 bits per heavy atom. The van der Waals surface area contributed by atoms with Gasteiger partial charge in [0.25, 0.3) is 0 Å². The summed E-state index contributed by atoms with van der Waals surface area (Å²) in [5.74, 6) is 0.683. The summed E-state index contributed by atoms with van der Waals surface area (Å²) in [6, 6.07) is 62.6. The minimum absolute atomic E-state index is 0.683. The summed E-state index contributed by atoms with van der Waals surface area (Å²) in [5, 5.41) is 8.34.